The van der Waals surface area contributed by atoms with Gasteiger partial charge in [-0.3, -0.25) is 0 Å². The van der Waals surface area contributed by atoms with Gasteiger partial charge in [0.25, 0.3) is 0 Å². The van der Waals surface area contributed by atoms with E-state index in [-0.39, 0.29) is 6.04 Å². The van der Waals surface area contributed by atoms with Crippen LogP contribution in [0, 0.1) is 5.92 Å². The standard InChI is InChI=1S/C14H15ClN4S/c1-9(2)13(11-4-3-7-20-11)17-14-16-12-6-5-10(15)8-19(12)18-14/h3-9,13H,1-2H3,(H,17,18). The third kappa shape index (κ3) is 2.64. The summed E-state index contributed by atoms with van der Waals surface area (Å²) in [5, 5.41) is 10.6. The maximum absolute atomic E-state index is 5.96. The second-order valence-electron chi connectivity index (χ2n) is 4.97. The molecule has 0 aromatic carbocycles. The van der Waals surface area contributed by atoms with E-state index in [2.05, 4.69) is 46.8 Å². The van der Waals surface area contributed by atoms with Gasteiger partial charge < -0.3 is 5.32 Å². The number of thiophene rings is 1. The number of fused-ring (bicyclic) bond motifs is 1. The molecular weight excluding hydrogens is 292 g/mol. The van der Waals surface area contributed by atoms with E-state index in [1.54, 1.807) is 22.0 Å². The van der Waals surface area contributed by atoms with Crippen molar-refractivity contribution in [2.75, 3.05) is 5.32 Å². The number of anilines is 1. The molecule has 0 saturated carbocycles. The summed E-state index contributed by atoms with van der Waals surface area (Å²) in [5.41, 5.74) is 0.783. The minimum absolute atomic E-state index is 0.211. The molecule has 0 aliphatic rings. The van der Waals surface area contributed by atoms with E-state index in [9.17, 15) is 0 Å². The second kappa shape index (κ2) is 5.42. The summed E-state index contributed by atoms with van der Waals surface area (Å²) >= 11 is 7.70. The SMILES string of the molecule is CC(C)C(Nc1nc2ccc(Cl)cn2n1)c1cccs1. The number of nitrogens with one attached hydrogen (secondary N) is 1. The Morgan fingerprint density at radius 2 is 2.15 bits per heavy atom. The van der Waals surface area contributed by atoms with Crippen LogP contribution in [0.4, 0.5) is 5.95 Å². The van der Waals surface area contributed by atoms with Gasteiger partial charge in [-0.1, -0.05) is 31.5 Å². The first kappa shape index (κ1) is 13.4. The summed E-state index contributed by atoms with van der Waals surface area (Å²) in [6.45, 7) is 4.37. The van der Waals surface area contributed by atoms with Gasteiger partial charge in [-0.25, -0.2) is 4.52 Å². The molecule has 104 valence electrons. The number of hydrogen-bond donors (Lipinski definition) is 1. The lowest BCUT2D eigenvalue weighted by atomic mass is 10.0. The van der Waals surface area contributed by atoms with Crippen LogP contribution < -0.4 is 5.32 Å². The molecule has 1 atom stereocenters. The summed E-state index contributed by atoms with van der Waals surface area (Å²) in [6, 6.07) is 8.08. The summed E-state index contributed by atoms with van der Waals surface area (Å²) < 4.78 is 1.69. The molecule has 0 saturated heterocycles. The predicted octanol–water partition coefficient (Wildman–Crippen LogP) is 4.25. The molecule has 0 bridgehead atoms. The smallest absolute Gasteiger partial charge is 0.243 e. The number of hydrogen-bond acceptors (Lipinski definition) is 4. The molecule has 0 radical (unpaired) electrons. The van der Waals surface area contributed by atoms with Crippen molar-refractivity contribution < 1.29 is 0 Å². The Kier molecular flexibility index (Phi) is 3.63. The van der Waals surface area contributed by atoms with E-state index in [0.29, 0.717) is 16.9 Å². The normalized spacial score (nSPS) is 13.0. The van der Waals surface area contributed by atoms with Gasteiger partial charge in [-0.05, 0) is 29.5 Å². The molecule has 3 heterocycles. The largest absolute Gasteiger partial charge is 0.345 e. The van der Waals surface area contributed by atoms with Gasteiger partial charge in [-0.15, -0.1) is 16.4 Å². The Balaban J connectivity index is 1.90. The minimum atomic E-state index is 0.211. The second-order valence-corrected chi connectivity index (χ2v) is 6.38. The van der Waals surface area contributed by atoms with Crippen molar-refractivity contribution in [2.24, 2.45) is 5.92 Å². The fraction of sp³-hybridized carbons (Fsp3) is 0.286. The van der Waals surface area contributed by atoms with Crippen LogP contribution in [-0.4, -0.2) is 14.6 Å². The Morgan fingerprint density at radius 3 is 2.85 bits per heavy atom. The van der Waals surface area contributed by atoms with Crippen molar-refractivity contribution in [3.05, 3.63) is 45.7 Å². The molecule has 0 spiro atoms. The van der Waals surface area contributed by atoms with Crippen LogP contribution in [-0.2, 0) is 0 Å². The molecule has 3 aromatic rings. The van der Waals surface area contributed by atoms with Crippen LogP contribution in [0.15, 0.2) is 35.8 Å². The van der Waals surface area contributed by atoms with Gasteiger partial charge in [0.05, 0.1) is 11.1 Å². The van der Waals surface area contributed by atoms with Crippen LogP contribution in [0.3, 0.4) is 0 Å². The van der Waals surface area contributed by atoms with Crippen molar-refractivity contribution in [2.45, 2.75) is 19.9 Å². The van der Waals surface area contributed by atoms with Gasteiger partial charge in [-0.2, -0.15) is 4.98 Å². The van der Waals surface area contributed by atoms with Crippen LogP contribution >= 0.6 is 22.9 Å². The Bertz CT molecular complexity index is 705. The number of halogens is 1. The number of aromatic nitrogens is 3. The maximum atomic E-state index is 5.96. The van der Waals surface area contributed by atoms with Crippen molar-refractivity contribution in [3.8, 4) is 0 Å². The van der Waals surface area contributed by atoms with Crippen LogP contribution in [0.5, 0.6) is 0 Å². The summed E-state index contributed by atoms with van der Waals surface area (Å²) in [7, 11) is 0. The minimum Gasteiger partial charge on any atom is -0.345 e. The van der Waals surface area contributed by atoms with Gasteiger partial charge in [0.1, 0.15) is 0 Å². The van der Waals surface area contributed by atoms with E-state index in [1.807, 2.05) is 12.1 Å². The lowest BCUT2D eigenvalue weighted by Gasteiger charge is -2.20. The number of pyridine rings is 1. The van der Waals surface area contributed by atoms with Crippen molar-refractivity contribution >= 4 is 34.5 Å². The van der Waals surface area contributed by atoms with Gasteiger partial charge >= 0.3 is 0 Å². The summed E-state index contributed by atoms with van der Waals surface area (Å²) in [4.78, 5) is 5.76. The van der Waals surface area contributed by atoms with Gasteiger partial charge in [0.2, 0.25) is 5.95 Å². The molecule has 3 rings (SSSR count). The lowest BCUT2D eigenvalue weighted by molar-refractivity contribution is 0.550. The van der Waals surface area contributed by atoms with E-state index in [4.69, 9.17) is 11.6 Å². The zero-order valence-electron chi connectivity index (χ0n) is 11.2. The summed E-state index contributed by atoms with van der Waals surface area (Å²) in [5.74, 6) is 1.07. The first-order chi connectivity index (χ1) is 9.63. The number of nitrogens with zero attached hydrogens (tertiary/aromatic N) is 3. The molecule has 0 amide bonds. The highest BCUT2D eigenvalue weighted by molar-refractivity contribution is 7.10. The third-order valence-corrected chi connectivity index (χ3v) is 4.27. The first-order valence-corrected chi connectivity index (χ1v) is 7.71. The summed E-state index contributed by atoms with van der Waals surface area (Å²) in [6.07, 6.45) is 1.75. The van der Waals surface area contributed by atoms with Crippen LogP contribution in [0.1, 0.15) is 24.8 Å². The fourth-order valence-corrected chi connectivity index (χ4v) is 3.20. The van der Waals surface area contributed by atoms with Crippen LogP contribution in [0.2, 0.25) is 5.02 Å². The fourth-order valence-electron chi connectivity index (χ4n) is 2.09. The van der Waals surface area contributed by atoms with Gasteiger partial charge in [0.15, 0.2) is 5.65 Å². The average molecular weight is 307 g/mol. The van der Waals surface area contributed by atoms with Crippen molar-refractivity contribution in [3.63, 3.8) is 0 Å². The number of rotatable bonds is 4. The molecular formula is C14H15ClN4S. The molecule has 0 aliphatic heterocycles. The Hall–Kier alpha value is -1.59. The van der Waals surface area contributed by atoms with Crippen molar-refractivity contribution in [1.82, 2.24) is 14.6 Å². The molecule has 0 fully saturated rings. The van der Waals surface area contributed by atoms with Gasteiger partial charge in [0, 0.05) is 11.1 Å². The van der Waals surface area contributed by atoms with E-state index in [1.165, 1.54) is 4.88 Å². The molecule has 4 nitrogen and oxygen atoms in total. The molecule has 3 aromatic heterocycles. The molecule has 0 aliphatic carbocycles. The predicted molar refractivity (Wildman–Crippen MR) is 83.5 cm³/mol. The highest BCUT2D eigenvalue weighted by Gasteiger charge is 2.18. The average Bonchev–Trinajstić information content (AvgIpc) is 3.03. The van der Waals surface area contributed by atoms with E-state index in [0.717, 1.165) is 5.65 Å². The van der Waals surface area contributed by atoms with E-state index >= 15 is 0 Å². The van der Waals surface area contributed by atoms with Crippen LogP contribution in [0.25, 0.3) is 5.65 Å². The monoisotopic (exact) mass is 306 g/mol. The Labute approximate surface area is 126 Å². The third-order valence-electron chi connectivity index (χ3n) is 3.10. The molecule has 20 heavy (non-hydrogen) atoms. The molecule has 6 heteroatoms. The zero-order chi connectivity index (χ0) is 14.1. The topological polar surface area (TPSA) is 42.2 Å². The highest BCUT2D eigenvalue weighted by atomic mass is 35.5. The van der Waals surface area contributed by atoms with Crippen molar-refractivity contribution in [1.29, 1.82) is 0 Å². The Morgan fingerprint density at radius 1 is 1.30 bits per heavy atom. The lowest BCUT2D eigenvalue weighted by Crippen LogP contribution is -2.16. The zero-order valence-corrected chi connectivity index (χ0v) is 12.8. The van der Waals surface area contributed by atoms with E-state index < -0.39 is 0 Å². The molecule has 1 unspecified atom stereocenters. The first-order valence-electron chi connectivity index (χ1n) is 6.45. The highest BCUT2D eigenvalue weighted by Crippen LogP contribution is 2.28. The quantitative estimate of drug-likeness (QED) is 0.783. The molecule has 1 N–H and O–H groups in total. The maximum Gasteiger partial charge on any atom is 0.243 e.